The van der Waals surface area contributed by atoms with Crippen LogP contribution in [0.5, 0.6) is 0 Å². The molecule has 2 aromatic carbocycles. The number of halogens is 1. The monoisotopic (exact) mass is 517 g/mol. The average Bonchev–Trinajstić information content (AvgIpc) is 3.48. The minimum Gasteiger partial charge on any atom is -0.376 e. The smallest absolute Gasteiger partial charge is 0.243 e. The number of piperidine rings is 1. The minimum atomic E-state index is -3.57. The second-order valence-corrected chi connectivity index (χ2v) is 12.7. The van der Waals surface area contributed by atoms with Crippen molar-refractivity contribution in [3.8, 4) is 0 Å². The molecule has 0 amide bonds. The molecule has 2 fully saturated rings. The normalized spacial score (nSPS) is 21.7. The molecule has 0 saturated carbocycles. The molecule has 3 heterocycles. The number of thioether (sulfide) groups is 1. The molecule has 188 valence electrons. The van der Waals surface area contributed by atoms with Gasteiger partial charge in [0.2, 0.25) is 10.0 Å². The van der Waals surface area contributed by atoms with E-state index in [-0.39, 0.29) is 16.8 Å². The quantitative estimate of drug-likeness (QED) is 0.394. The third-order valence-corrected chi connectivity index (χ3v) is 9.87. The lowest BCUT2D eigenvalue weighted by atomic mass is 10.0. The Morgan fingerprint density at radius 2 is 2.03 bits per heavy atom. The van der Waals surface area contributed by atoms with Crippen LogP contribution < -0.4 is 0 Å². The Morgan fingerprint density at radius 1 is 1.17 bits per heavy atom. The van der Waals surface area contributed by atoms with Crippen LogP contribution in [0.4, 0.5) is 4.39 Å². The molecule has 0 bridgehead atoms. The van der Waals surface area contributed by atoms with Crippen molar-refractivity contribution in [3.05, 3.63) is 53.3 Å². The van der Waals surface area contributed by atoms with E-state index in [0.717, 1.165) is 48.5 Å². The fraction of sp³-hybridized carbons (Fsp3) is 0.500. The molecule has 9 heteroatoms. The molecule has 3 aromatic rings. The van der Waals surface area contributed by atoms with Crippen LogP contribution in [0.2, 0.25) is 0 Å². The van der Waals surface area contributed by atoms with Crippen molar-refractivity contribution in [2.24, 2.45) is 5.92 Å². The van der Waals surface area contributed by atoms with Gasteiger partial charge in [-0.1, -0.05) is 30.8 Å². The topological polar surface area (TPSA) is 64.4 Å². The molecule has 2 aliphatic rings. The number of aryl methyl sites for hydroxylation is 1. The van der Waals surface area contributed by atoms with Crippen LogP contribution >= 0.6 is 11.8 Å². The van der Waals surface area contributed by atoms with Crippen molar-refractivity contribution in [2.75, 3.05) is 19.7 Å². The Morgan fingerprint density at radius 3 is 2.77 bits per heavy atom. The molecule has 1 aromatic heterocycles. The molecule has 5 rings (SSSR count). The number of sulfonamides is 1. The van der Waals surface area contributed by atoms with Gasteiger partial charge in [0, 0.05) is 25.4 Å². The second kappa shape index (κ2) is 10.2. The van der Waals surface area contributed by atoms with E-state index in [2.05, 4.69) is 11.5 Å². The summed E-state index contributed by atoms with van der Waals surface area (Å²) in [6.45, 7) is 6.40. The molecular formula is C26H32FN3O3S2. The van der Waals surface area contributed by atoms with E-state index in [1.807, 2.05) is 12.1 Å². The molecule has 2 saturated heterocycles. The number of nitrogens with zero attached hydrogens (tertiary/aromatic N) is 3. The molecule has 35 heavy (non-hydrogen) atoms. The van der Waals surface area contributed by atoms with E-state index < -0.39 is 10.0 Å². The van der Waals surface area contributed by atoms with Crippen molar-refractivity contribution < 1.29 is 17.5 Å². The Kier molecular flexibility index (Phi) is 7.21. The van der Waals surface area contributed by atoms with Crippen LogP contribution in [-0.4, -0.2) is 48.1 Å². The van der Waals surface area contributed by atoms with Crippen LogP contribution in [0.15, 0.2) is 46.5 Å². The van der Waals surface area contributed by atoms with E-state index in [4.69, 9.17) is 9.72 Å². The summed E-state index contributed by atoms with van der Waals surface area (Å²) >= 11 is 1.54. The van der Waals surface area contributed by atoms with Gasteiger partial charge in [-0.05, 0) is 73.9 Å². The zero-order chi connectivity index (χ0) is 24.6. The maximum atomic E-state index is 14.0. The fourth-order valence-electron chi connectivity index (χ4n) is 4.91. The summed E-state index contributed by atoms with van der Waals surface area (Å²) in [5.41, 5.74) is 3.06. The fourth-order valence-corrected chi connectivity index (χ4v) is 7.50. The molecule has 2 atom stereocenters. The number of imidazole rings is 1. The van der Waals surface area contributed by atoms with Gasteiger partial charge >= 0.3 is 0 Å². The zero-order valence-corrected chi connectivity index (χ0v) is 21.9. The van der Waals surface area contributed by atoms with Gasteiger partial charge in [0.05, 0.1) is 28.6 Å². The average molecular weight is 518 g/mol. The molecule has 0 unspecified atom stereocenters. The number of ether oxygens (including phenoxy) is 1. The third kappa shape index (κ3) is 5.28. The Labute approximate surface area is 210 Å². The molecule has 2 aliphatic heterocycles. The first-order valence-electron chi connectivity index (χ1n) is 12.3. The predicted molar refractivity (Wildman–Crippen MR) is 137 cm³/mol. The number of rotatable bonds is 7. The highest BCUT2D eigenvalue weighted by Gasteiger charge is 2.29. The lowest BCUT2D eigenvalue weighted by Gasteiger charge is -2.30. The molecular weight excluding hydrogens is 485 g/mol. The number of benzene rings is 2. The van der Waals surface area contributed by atoms with Gasteiger partial charge in [-0.15, -0.1) is 0 Å². The van der Waals surface area contributed by atoms with Crippen LogP contribution in [0.1, 0.15) is 43.7 Å². The number of fused-ring (bicyclic) bond motifs is 1. The summed E-state index contributed by atoms with van der Waals surface area (Å²) in [6, 6.07) is 10.6. The van der Waals surface area contributed by atoms with Crippen molar-refractivity contribution in [1.29, 1.82) is 0 Å². The SMILES string of the molecule is Cc1ccc(CSc2nc3cc(S(=O)(=O)N4CCC[C@@H](C)C4)ccc3n2C[C@@H]2CCCO2)cc1F. The van der Waals surface area contributed by atoms with Gasteiger partial charge in [0.15, 0.2) is 5.16 Å². The van der Waals surface area contributed by atoms with Crippen LogP contribution in [0.25, 0.3) is 11.0 Å². The van der Waals surface area contributed by atoms with Crippen molar-refractivity contribution >= 4 is 32.8 Å². The lowest BCUT2D eigenvalue weighted by Crippen LogP contribution is -2.39. The first-order chi connectivity index (χ1) is 16.8. The largest absolute Gasteiger partial charge is 0.376 e. The molecule has 0 aliphatic carbocycles. The van der Waals surface area contributed by atoms with Gasteiger partial charge in [-0.2, -0.15) is 4.31 Å². The highest BCUT2D eigenvalue weighted by molar-refractivity contribution is 7.98. The van der Waals surface area contributed by atoms with Crippen LogP contribution in [0.3, 0.4) is 0 Å². The summed E-state index contributed by atoms with van der Waals surface area (Å²) in [4.78, 5) is 5.13. The number of hydrogen-bond acceptors (Lipinski definition) is 5. The molecule has 0 N–H and O–H groups in total. The molecule has 6 nitrogen and oxygen atoms in total. The summed E-state index contributed by atoms with van der Waals surface area (Å²) < 4.78 is 50.4. The van der Waals surface area contributed by atoms with Crippen LogP contribution in [-0.2, 0) is 27.1 Å². The van der Waals surface area contributed by atoms with Gasteiger partial charge in [-0.25, -0.2) is 17.8 Å². The first-order valence-corrected chi connectivity index (χ1v) is 14.7. The van der Waals surface area contributed by atoms with Crippen molar-refractivity contribution in [1.82, 2.24) is 13.9 Å². The maximum Gasteiger partial charge on any atom is 0.243 e. The minimum absolute atomic E-state index is 0.113. The Hall–Kier alpha value is -1.94. The second-order valence-electron chi connectivity index (χ2n) is 9.77. The molecule has 0 spiro atoms. The summed E-state index contributed by atoms with van der Waals surface area (Å²) in [5.74, 6) is 0.725. The van der Waals surface area contributed by atoms with Gasteiger partial charge in [-0.3, -0.25) is 0 Å². The van der Waals surface area contributed by atoms with E-state index in [9.17, 15) is 12.8 Å². The lowest BCUT2D eigenvalue weighted by molar-refractivity contribution is 0.0960. The third-order valence-electron chi connectivity index (χ3n) is 6.96. The molecule has 0 radical (unpaired) electrons. The van der Waals surface area contributed by atoms with E-state index in [1.165, 1.54) is 11.8 Å². The van der Waals surface area contributed by atoms with Crippen molar-refractivity contribution in [2.45, 2.75) is 68.0 Å². The first kappa shape index (κ1) is 24.7. The standard InChI is InChI=1S/C26H32FN3O3S2/c1-18-5-3-11-29(15-18)35(31,32)22-9-10-25-24(14-22)28-26(30(25)16-21-6-4-12-33-21)34-17-20-8-7-19(2)23(27)13-20/h7-10,13-14,18,21H,3-6,11-12,15-17H2,1-2H3/t18-,21+/m1/s1. The Balaban J connectivity index is 1.46. The zero-order valence-electron chi connectivity index (χ0n) is 20.2. The Bertz CT molecular complexity index is 1320. The van der Waals surface area contributed by atoms with E-state index >= 15 is 0 Å². The van der Waals surface area contributed by atoms with Crippen molar-refractivity contribution in [3.63, 3.8) is 0 Å². The highest BCUT2D eigenvalue weighted by Crippen LogP contribution is 2.31. The van der Waals surface area contributed by atoms with E-state index in [0.29, 0.717) is 42.4 Å². The highest BCUT2D eigenvalue weighted by atomic mass is 32.2. The van der Waals surface area contributed by atoms with Crippen LogP contribution in [0, 0.1) is 18.7 Å². The van der Waals surface area contributed by atoms with Gasteiger partial charge < -0.3 is 9.30 Å². The maximum absolute atomic E-state index is 14.0. The number of hydrogen-bond donors (Lipinski definition) is 0. The van der Waals surface area contributed by atoms with Gasteiger partial charge in [0.1, 0.15) is 5.82 Å². The summed E-state index contributed by atoms with van der Waals surface area (Å²) in [7, 11) is -3.57. The number of aromatic nitrogens is 2. The van der Waals surface area contributed by atoms with Gasteiger partial charge in [0.25, 0.3) is 0 Å². The summed E-state index contributed by atoms with van der Waals surface area (Å²) in [5, 5.41) is 0.789. The predicted octanol–water partition coefficient (Wildman–Crippen LogP) is 5.38. The van der Waals surface area contributed by atoms with E-state index in [1.54, 1.807) is 35.5 Å². The summed E-state index contributed by atoms with van der Waals surface area (Å²) in [6.07, 6.45) is 4.09.